The van der Waals surface area contributed by atoms with Crippen molar-refractivity contribution in [3.05, 3.63) is 52.1 Å². The van der Waals surface area contributed by atoms with Crippen molar-refractivity contribution < 1.29 is 14.0 Å². The molecule has 1 aromatic carbocycles. The Kier molecular flexibility index (Phi) is 5.71. The molecule has 0 saturated heterocycles. The number of H-pyrrole nitrogens is 1. The van der Waals surface area contributed by atoms with Gasteiger partial charge in [-0.1, -0.05) is 20.8 Å². The van der Waals surface area contributed by atoms with Gasteiger partial charge in [0.05, 0.1) is 11.1 Å². The zero-order valence-corrected chi connectivity index (χ0v) is 18.5. The smallest absolute Gasteiger partial charge is 0.256 e. The normalized spacial score (nSPS) is 19.5. The number of nitrogens with one attached hydrogen (secondary N) is 3. The van der Waals surface area contributed by atoms with E-state index >= 15 is 0 Å². The fourth-order valence-corrected chi connectivity index (χ4v) is 4.80. The van der Waals surface area contributed by atoms with Crippen molar-refractivity contribution in [1.29, 1.82) is 0 Å². The van der Waals surface area contributed by atoms with Gasteiger partial charge in [0.2, 0.25) is 0 Å². The van der Waals surface area contributed by atoms with Gasteiger partial charge in [-0.2, -0.15) is 0 Å². The minimum absolute atomic E-state index is 0.0800. The fraction of sp³-hybridized carbons (Fsp3) is 0.417. The molecule has 1 unspecified atom stereocenters. The summed E-state index contributed by atoms with van der Waals surface area (Å²) in [5.74, 6) is -0.623. The zero-order valence-electron chi connectivity index (χ0n) is 18.5. The minimum atomic E-state index is -0.379. The molecule has 0 fully saturated rings. The number of halogens is 1. The van der Waals surface area contributed by atoms with Crippen LogP contribution in [0.1, 0.15) is 66.0 Å². The van der Waals surface area contributed by atoms with Gasteiger partial charge in [-0.15, -0.1) is 0 Å². The predicted octanol–water partition coefficient (Wildman–Crippen LogP) is 3.90. The summed E-state index contributed by atoms with van der Waals surface area (Å²) in [4.78, 5) is 31.4. The first kappa shape index (κ1) is 21.3. The maximum absolute atomic E-state index is 13.9. The summed E-state index contributed by atoms with van der Waals surface area (Å²) in [6.45, 7) is 11.4. The number of aromatic amines is 1. The fourth-order valence-electron chi connectivity index (χ4n) is 4.80. The lowest BCUT2D eigenvalue weighted by Gasteiger charge is -2.18. The van der Waals surface area contributed by atoms with Crippen LogP contribution < -0.4 is 10.6 Å². The first-order valence-electron chi connectivity index (χ1n) is 10.9. The number of nitrogens with zero attached hydrogens (tertiary/aromatic N) is 1. The molecule has 4 rings (SSSR count). The molecule has 0 radical (unpaired) electrons. The van der Waals surface area contributed by atoms with Crippen LogP contribution in [0.15, 0.2) is 18.2 Å². The molecule has 1 aliphatic heterocycles. The quantitative estimate of drug-likeness (QED) is 0.616. The standard InChI is InChI=1S/C24H29FN4O2/c1-5-29(6-2)10-9-26-23(30)20-14(4)27-22-17(11-13(3)19(20)22)21-16-12-15(25)7-8-18(16)28-24(21)31/h7-8,12-13,27H,5-6,9-11H2,1-4H3,(H,26,30)(H,28,31)/b21-17-. The third kappa shape index (κ3) is 3.67. The molecule has 0 spiro atoms. The van der Waals surface area contributed by atoms with Crippen molar-refractivity contribution in [3.8, 4) is 0 Å². The van der Waals surface area contributed by atoms with E-state index in [2.05, 4.69) is 41.3 Å². The molecule has 2 aliphatic rings. The molecule has 6 nitrogen and oxygen atoms in total. The molecular weight excluding hydrogens is 395 g/mol. The lowest BCUT2D eigenvalue weighted by atomic mass is 9.97. The first-order chi connectivity index (χ1) is 14.8. The van der Waals surface area contributed by atoms with E-state index in [1.807, 2.05) is 6.92 Å². The molecule has 31 heavy (non-hydrogen) atoms. The third-order valence-corrected chi connectivity index (χ3v) is 6.39. The summed E-state index contributed by atoms with van der Waals surface area (Å²) >= 11 is 0. The Labute approximate surface area is 181 Å². The average molecular weight is 425 g/mol. The second kappa shape index (κ2) is 8.30. The largest absolute Gasteiger partial charge is 0.358 e. The van der Waals surface area contributed by atoms with E-state index in [1.54, 1.807) is 6.07 Å². The van der Waals surface area contributed by atoms with Crippen LogP contribution in [0, 0.1) is 12.7 Å². The zero-order chi connectivity index (χ0) is 22.3. The van der Waals surface area contributed by atoms with E-state index in [1.165, 1.54) is 12.1 Å². The van der Waals surface area contributed by atoms with Crippen molar-refractivity contribution in [2.75, 3.05) is 31.5 Å². The molecule has 1 atom stereocenters. The van der Waals surface area contributed by atoms with Gasteiger partial charge in [0.25, 0.3) is 11.8 Å². The van der Waals surface area contributed by atoms with Gasteiger partial charge >= 0.3 is 0 Å². The minimum Gasteiger partial charge on any atom is -0.358 e. The van der Waals surface area contributed by atoms with Crippen LogP contribution in [0.5, 0.6) is 0 Å². The van der Waals surface area contributed by atoms with E-state index in [0.29, 0.717) is 35.4 Å². The van der Waals surface area contributed by atoms with E-state index in [0.717, 1.165) is 42.2 Å². The van der Waals surface area contributed by atoms with Crippen LogP contribution in [0.3, 0.4) is 0 Å². The van der Waals surface area contributed by atoms with E-state index in [4.69, 9.17) is 0 Å². The lowest BCUT2D eigenvalue weighted by molar-refractivity contribution is -0.110. The predicted molar refractivity (Wildman–Crippen MR) is 121 cm³/mol. The number of allylic oxidation sites excluding steroid dienone is 1. The summed E-state index contributed by atoms with van der Waals surface area (Å²) in [5, 5.41) is 5.88. The Morgan fingerprint density at radius 1 is 1.29 bits per heavy atom. The number of rotatable bonds is 6. The van der Waals surface area contributed by atoms with Gasteiger partial charge in [-0.05, 0) is 61.7 Å². The van der Waals surface area contributed by atoms with Crippen molar-refractivity contribution in [3.63, 3.8) is 0 Å². The molecule has 2 aromatic rings. The molecule has 0 saturated carbocycles. The topological polar surface area (TPSA) is 77.2 Å². The molecule has 3 N–H and O–H groups in total. The number of hydrogen-bond acceptors (Lipinski definition) is 3. The van der Waals surface area contributed by atoms with Gasteiger partial charge in [0.15, 0.2) is 0 Å². The molecule has 164 valence electrons. The monoisotopic (exact) mass is 424 g/mol. The summed E-state index contributed by atoms with van der Waals surface area (Å²) in [5.41, 5.74) is 5.75. The summed E-state index contributed by atoms with van der Waals surface area (Å²) in [6.07, 6.45) is 0.625. The second-order valence-corrected chi connectivity index (χ2v) is 8.30. The van der Waals surface area contributed by atoms with Crippen molar-refractivity contribution in [2.45, 2.75) is 40.0 Å². The van der Waals surface area contributed by atoms with Crippen LogP contribution in [0.4, 0.5) is 10.1 Å². The molecule has 1 aliphatic carbocycles. The van der Waals surface area contributed by atoms with Gasteiger partial charge in [0.1, 0.15) is 5.82 Å². The van der Waals surface area contributed by atoms with Crippen molar-refractivity contribution in [2.24, 2.45) is 0 Å². The Morgan fingerprint density at radius 3 is 2.74 bits per heavy atom. The van der Waals surface area contributed by atoms with Crippen LogP contribution in [-0.2, 0) is 4.79 Å². The van der Waals surface area contributed by atoms with Crippen LogP contribution >= 0.6 is 0 Å². The SMILES string of the molecule is CCN(CC)CCNC(=O)c1c(C)[nH]c2c1C(C)C/C2=C1/C(=O)Nc2ccc(F)cc21. The Balaban J connectivity index is 1.69. The van der Waals surface area contributed by atoms with E-state index in [-0.39, 0.29) is 23.5 Å². The van der Waals surface area contributed by atoms with Crippen molar-refractivity contribution in [1.82, 2.24) is 15.2 Å². The van der Waals surface area contributed by atoms with E-state index < -0.39 is 0 Å². The number of carbonyl (C=O) groups is 2. The molecule has 7 heteroatoms. The summed E-state index contributed by atoms with van der Waals surface area (Å²) in [6, 6.07) is 4.33. The molecular formula is C24H29FN4O2. The van der Waals surface area contributed by atoms with Crippen LogP contribution in [0.25, 0.3) is 11.1 Å². The number of carbonyl (C=O) groups excluding carboxylic acids is 2. The number of aromatic nitrogens is 1. The highest BCUT2D eigenvalue weighted by atomic mass is 19.1. The Hall–Kier alpha value is -2.93. The molecule has 0 bridgehead atoms. The third-order valence-electron chi connectivity index (χ3n) is 6.39. The number of likely N-dealkylation sites (N-methyl/N-ethyl adjacent to an activating group) is 1. The second-order valence-electron chi connectivity index (χ2n) is 8.30. The number of benzene rings is 1. The van der Waals surface area contributed by atoms with Crippen LogP contribution in [0.2, 0.25) is 0 Å². The maximum atomic E-state index is 13.9. The van der Waals surface area contributed by atoms with Crippen LogP contribution in [-0.4, -0.2) is 47.9 Å². The highest BCUT2D eigenvalue weighted by Crippen LogP contribution is 2.49. The Bertz CT molecular complexity index is 1080. The number of hydrogen-bond donors (Lipinski definition) is 3. The molecule has 1 aromatic heterocycles. The maximum Gasteiger partial charge on any atom is 0.256 e. The van der Waals surface area contributed by atoms with Gasteiger partial charge in [-0.3, -0.25) is 9.59 Å². The highest BCUT2D eigenvalue weighted by Gasteiger charge is 2.37. The number of anilines is 1. The number of aryl methyl sites for hydroxylation is 1. The summed E-state index contributed by atoms with van der Waals surface area (Å²) in [7, 11) is 0. The van der Waals surface area contributed by atoms with Gasteiger partial charge in [0, 0.05) is 35.7 Å². The molecule has 2 heterocycles. The van der Waals surface area contributed by atoms with E-state index in [9.17, 15) is 14.0 Å². The lowest BCUT2D eigenvalue weighted by Crippen LogP contribution is -2.35. The van der Waals surface area contributed by atoms with Crippen molar-refractivity contribution >= 4 is 28.6 Å². The molecule has 2 amide bonds. The summed E-state index contributed by atoms with van der Waals surface area (Å²) < 4.78 is 13.9. The van der Waals surface area contributed by atoms with Gasteiger partial charge in [-0.25, -0.2) is 4.39 Å². The first-order valence-corrected chi connectivity index (χ1v) is 10.9. The number of fused-ring (bicyclic) bond motifs is 2. The van der Waals surface area contributed by atoms with Gasteiger partial charge < -0.3 is 20.5 Å². The number of amides is 2. The average Bonchev–Trinajstić information content (AvgIpc) is 3.34. The Morgan fingerprint density at radius 2 is 2.03 bits per heavy atom. The highest BCUT2D eigenvalue weighted by molar-refractivity contribution is 6.37.